The van der Waals surface area contributed by atoms with Crippen LogP contribution < -0.4 is 5.73 Å². The van der Waals surface area contributed by atoms with Gasteiger partial charge in [0, 0.05) is 37.3 Å². The molecule has 3 aromatic rings. The molecule has 0 bridgehead atoms. The molecule has 188 valence electrons. The third-order valence-corrected chi connectivity index (χ3v) is 8.52. The molecule has 2 aliphatic heterocycles. The van der Waals surface area contributed by atoms with Crippen LogP contribution in [0.5, 0.6) is 0 Å². The van der Waals surface area contributed by atoms with E-state index in [9.17, 15) is 9.59 Å². The van der Waals surface area contributed by atoms with Gasteiger partial charge in [0.05, 0.1) is 27.0 Å². The molecule has 2 saturated heterocycles. The second kappa shape index (κ2) is 10.8. The van der Waals surface area contributed by atoms with Crippen LogP contribution in [0.2, 0.25) is 10.0 Å². The first-order valence-electron chi connectivity index (χ1n) is 12.5. The molecular weight excluding hydrogens is 495 g/mol. The van der Waals surface area contributed by atoms with Crippen LogP contribution in [0.4, 0.5) is 0 Å². The minimum Gasteiger partial charge on any atom is -0.369 e. The zero-order valence-corrected chi connectivity index (χ0v) is 21.6. The monoisotopic (exact) mass is 524 g/mol. The summed E-state index contributed by atoms with van der Waals surface area (Å²) in [6.07, 6.45) is 5.13. The smallest absolute Gasteiger partial charge is 0.254 e. The zero-order chi connectivity index (χ0) is 25.2. The van der Waals surface area contributed by atoms with Gasteiger partial charge in [0.25, 0.3) is 5.91 Å². The molecule has 0 unspecified atom stereocenters. The number of aromatic nitrogens is 1. The van der Waals surface area contributed by atoms with E-state index in [1.54, 1.807) is 12.3 Å². The van der Waals surface area contributed by atoms with Gasteiger partial charge < -0.3 is 10.6 Å². The van der Waals surface area contributed by atoms with Crippen LogP contribution in [-0.4, -0.2) is 58.8 Å². The van der Waals surface area contributed by atoms with Crippen molar-refractivity contribution in [2.75, 3.05) is 26.2 Å². The lowest BCUT2D eigenvalue weighted by Crippen LogP contribution is -2.53. The number of rotatable bonds is 5. The summed E-state index contributed by atoms with van der Waals surface area (Å²) in [5.41, 5.74) is 8.47. The summed E-state index contributed by atoms with van der Waals surface area (Å²) in [5.74, 6) is -0.224. The largest absolute Gasteiger partial charge is 0.369 e. The van der Waals surface area contributed by atoms with Gasteiger partial charge in [-0.1, -0.05) is 47.5 Å². The van der Waals surface area contributed by atoms with Crippen LogP contribution in [0.15, 0.2) is 54.7 Å². The van der Waals surface area contributed by atoms with Crippen molar-refractivity contribution in [3.63, 3.8) is 0 Å². The number of likely N-dealkylation sites (tertiary alicyclic amines) is 2. The summed E-state index contributed by atoms with van der Waals surface area (Å²) in [5, 5.41) is 1.95. The lowest BCUT2D eigenvalue weighted by molar-refractivity contribution is -0.126. The number of fused-ring (bicyclic) bond motifs is 1. The van der Waals surface area contributed by atoms with Gasteiger partial charge in [0.2, 0.25) is 5.91 Å². The standard InChI is InChI=1S/C28H30Cl2N4O2/c29-24-6-5-18(16-25(24)30)15-19-8-12-34(17-23(19)27(31)35)20-9-13-33(14-10-20)28(36)22-7-11-32-26-4-2-1-3-21(22)26/h1-7,11,16,19-20,23H,8-10,12-15,17H2,(H2,31,35)/t19-,23-/m1/s1. The molecule has 0 radical (unpaired) electrons. The van der Waals surface area contributed by atoms with Crippen molar-refractivity contribution in [3.05, 3.63) is 75.9 Å². The number of amides is 2. The van der Waals surface area contributed by atoms with E-state index in [0.717, 1.165) is 48.7 Å². The van der Waals surface area contributed by atoms with Gasteiger partial charge in [-0.15, -0.1) is 0 Å². The molecule has 8 heteroatoms. The van der Waals surface area contributed by atoms with Gasteiger partial charge in [0.1, 0.15) is 0 Å². The minimum atomic E-state index is -0.248. The highest BCUT2D eigenvalue weighted by Crippen LogP contribution is 2.32. The van der Waals surface area contributed by atoms with E-state index in [0.29, 0.717) is 41.3 Å². The summed E-state index contributed by atoms with van der Waals surface area (Å²) in [7, 11) is 0. The fraction of sp³-hybridized carbons (Fsp3) is 0.393. The lowest BCUT2D eigenvalue weighted by atomic mass is 9.80. The van der Waals surface area contributed by atoms with Crippen molar-refractivity contribution in [2.45, 2.75) is 31.7 Å². The number of pyridine rings is 1. The summed E-state index contributed by atoms with van der Waals surface area (Å²) >= 11 is 12.3. The number of piperidine rings is 2. The second-order valence-electron chi connectivity index (χ2n) is 9.90. The Morgan fingerprint density at radius 3 is 2.50 bits per heavy atom. The molecule has 2 N–H and O–H groups in total. The van der Waals surface area contributed by atoms with E-state index in [-0.39, 0.29) is 23.7 Å². The number of hydrogen-bond donors (Lipinski definition) is 1. The van der Waals surface area contributed by atoms with Gasteiger partial charge in [-0.25, -0.2) is 0 Å². The first-order chi connectivity index (χ1) is 17.4. The van der Waals surface area contributed by atoms with Crippen molar-refractivity contribution < 1.29 is 9.59 Å². The molecule has 2 aromatic carbocycles. The fourth-order valence-corrected chi connectivity index (χ4v) is 6.10. The van der Waals surface area contributed by atoms with E-state index >= 15 is 0 Å². The van der Waals surface area contributed by atoms with Crippen molar-refractivity contribution in [3.8, 4) is 0 Å². The Hall–Kier alpha value is -2.67. The van der Waals surface area contributed by atoms with Crippen molar-refractivity contribution in [1.29, 1.82) is 0 Å². The summed E-state index contributed by atoms with van der Waals surface area (Å²) in [6, 6.07) is 15.6. The van der Waals surface area contributed by atoms with Gasteiger partial charge in [-0.3, -0.25) is 19.5 Å². The minimum absolute atomic E-state index is 0.0578. The molecular formula is C28H30Cl2N4O2. The molecule has 2 atom stereocenters. The van der Waals surface area contributed by atoms with Gasteiger partial charge in [-0.05, 0) is 68.0 Å². The predicted molar refractivity (Wildman–Crippen MR) is 143 cm³/mol. The number of nitrogens with two attached hydrogens (primary N) is 1. The normalized spacial score (nSPS) is 21.6. The SMILES string of the molecule is NC(=O)[C@@H]1CN(C2CCN(C(=O)c3ccnc4ccccc34)CC2)CC[C@@H]1Cc1ccc(Cl)c(Cl)c1. The highest BCUT2D eigenvalue weighted by molar-refractivity contribution is 6.42. The number of primary amides is 1. The van der Waals surface area contributed by atoms with E-state index in [1.807, 2.05) is 47.4 Å². The molecule has 3 heterocycles. The van der Waals surface area contributed by atoms with Crippen LogP contribution in [0.1, 0.15) is 35.2 Å². The Morgan fingerprint density at radius 2 is 1.75 bits per heavy atom. The topological polar surface area (TPSA) is 79.5 Å². The van der Waals surface area contributed by atoms with Crippen LogP contribution in [0.3, 0.4) is 0 Å². The maximum atomic E-state index is 13.3. The second-order valence-corrected chi connectivity index (χ2v) is 10.7. The van der Waals surface area contributed by atoms with Crippen molar-refractivity contribution in [2.24, 2.45) is 17.6 Å². The lowest BCUT2D eigenvalue weighted by Gasteiger charge is -2.44. The Labute approximate surface area is 221 Å². The van der Waals surface area contributed by atoms with Gasteiger partial charge >= 0.3 is 0 Å². The molecule has 2 amide bonds. The van der Waals surface area contributed by atoms with Crippen LogP contribution in [0, 0.1) is 11.8 Å². The van der Waals surface area contributed by atoms with Crippen LogP contribution >= 0.6 is 23.2 Å². The maximum absolute atomic E-state index is 13.3. The molecule has 2 aliphatic rings. The molecule has 5 rings (SSSR count). The number of nitrogens with zero attached hydrogens (tertiary/aromatic N) is 3. The average molecular weight is 525 g/mol. The number of halogens is 2. The highest BCUT2D eigenvalue weighted by Gasteiger charge is 2.37. The third-order valence-electron chi connectivity index (χ3n) is 7.78. The third kappa shape index (κ3) is 5.22. The molecule has 0 aliphatic carbocycles. The fourth-order valence-electron chi connectivity index (χ4n) is 5.78. The average Bonchev–Trinajstić information content (AvgIpc) is 2.90. The highest BCUT2D eigenvalue weighted by atomic mass is 35.5. The first-order valence-corrected chi connectivity index (χ1v) is 13.3. The predicted octanol–water partition coefficient (Wildman–Crippen LogP) is 4.81. The summed E-state index contributed by atoms with van der Waals surface area (Å²) < 4.78 is 0. The van der Waals surface area contributed by atoms with E-state index in [1.165, 1.54) is 0 Å². The number of carbonyl (C=O) groups excluding carboxylic acids is 2. The number of hydrogen-bond acceptors (Lipinski definition) is 4. The van der Waals surface area contributed by atoms with Crippen molar-refractivity contribution in [1.82, 2.24) is 14.8 Å². The molecule has 6 nitrogen and oxygen atoms in total. The molecule has 36 heavy (non-hydrogen) atoms. The Balaban J connectivity index is 1.21. The van der Waals surface area contributed by atoms with Gasteiger partial charge in [0.15, 0.2) is 0 Å². The molecule has 1 aromatic heterocycles. The quantitative estimate of drug-likeness (QED) is 0.519. The number of benzene rings is 2. The Bertz CT molecular complexity index is 1270. The summed E-state index contributed by atoms with van der Waals surface area (Å²) in [6.45, 7) is 2.98. The van der Waals surface area contributed by atoms with E-state index in [4.69, 9.17) is 28.9 Å². The van der Waals surface area contributed by atoms with Crippen LogP contribution in [0.25, 0.3) is 10.9 Å². The Morgan fingerprint density at radius 1 is 0.972 bits per heavy atom. The van der Waals surface area contributed by atoms with Crippen LogP contribution in [-0.2, 0) is 11.2 Å². The van der Waals surface area contributed by atoms with E-state index in [2.05, 4.69) is 9.88 Å². The molecule has 0 spiro atoms. The maximum Gasteiger partial charge on any atom is 0.254 e. The molecule has 0 saturated carbocycles. The van der Waals surface area contributed by atoms with Gasteiger partial charge in [-0.2, -0.15) is 0 Å². The van der Waals surface area contributed by atoms with Crippen molar-refractivity contribution >= 4 is 45.9 Å². The molecule has 2 fully saturated rings. The number of carbonyl (C=O) groups is 2. The Kier molecular flexibility index (Phi) is 7.47. The zero-order valence-electron chi connectivity index (χ0n) is 20.1. The summed E-state index contributed by atoms with van der Waals surface area (Å²) in [4.78, 5) is 34.4. The van der Waals surface area contributed by atoms with E-state index < -0.39 is 0 Å². The number of para-hydroxylation sites is 1. The first kappa shape index (κ1) is 25.0.